The van der Waals surface area contributed by atoms with E-state index < -0.39 is 0 Å². The molecule has 0 unspecified atom stereocenters. The Morgan fingerprint density at radius 1 is 1.36 bits per heavy atom. The number of rotatable bonds is 6. The van der Waals surface area contributed by atoms with Crippen LogP contribution in [0.15, 0.2) is 36.0 Å². The largest absolute Gasteiger partial charge is 0.309 e. The van der Waals surface area contributed by atoms with Gasteiger partial charge in [0.05, 0.1) is 0 Å². The average Bonchev–Trinajstić information content (AvgIpc) is 2.15. The summed E-state index contributed by atoms with van der Waals surface area (Å²) in [5.74, 6) is 0. The zero-order chi connectivity index (χ0) is 11.1. The SMILES string of the molecule is C=C/C(C(=C)CCN(C)C)=C(\C)CC. The molecule has 0 heterocycles. The summed E-state index contributed by atoms with van der Waals surface area (Å²) in [5, 5.41) is 0. The van der Waals surface area contributed by atoms with Crippen LogP contribution in [0.25, 0.3) is 0 Å². The van der Waals surface area contributed by atoms with E-state index in [0.29, 0.717) is 0 Å². The Morgan fingerprint density at radius 3 is 2.29 bits per heavy atom. The molecule has 0 atom stereocenters. The first-order valence-corrected chi connectivity index (χ1v) is 5.18. The topological polar surface area (TPSA) is 3.24 Å². The fraction of sp³-hybridized carbons (Fsp3) is 0.538. The highest BCUT2D eigenvalue weighted by atomic mass is 15.0. The van der Waals surface area contributed by atoms with Crippen LogP contribution in [-0.4, -0.2) is 25.5 Å². The third-order valence-electron chi connectivity index (χ3n) is 2.44. The molecule has 14 heavy (non-hydrogen) atoms. The summed E-state index contributed by atoms with van der Waals surface area (Å²) in [6.07, 6.45) is 4.02. The van der Waals surface area contributed by atoms with Crippen LogP contribution in [-0.2, 0) is 0 Å². The van der Waals surface area contributed by atoms with Crippen molar-refractivity contribution in [1.82, 2.24) is 4.90 Å². The highest BCUT2D eigenvalue weighted by Gasteiger charge is 2.02. The van der Waals surface area contributed by atoms with E-state index in [9.17, 15) is 0 Å². The first-order valence-electron chi connectivity index (χ1n) is 5.18. The van der Waals surface area contributed by atoms with Crippen molar-refractivity contribution < 1.29 is 0 Å². The molecule has 1 heteroatoms. The minimum Gasteiger partial charge on any atom is -0.309 e. The van der Waals surface area contributed by atoms with Gasteiger partial charge in [-0.05, 0) is 45.0 Å². The van der Waals surface area contributed by atoms with E-state index >= 15 is 0 Å². The molecule has 0 aliphatic rings. The Morgan fingerprint density at radius 2 is 1.93 bits per heavy atom. The van der Waals surface area contributed by atoms with Gasteiger partial charge < -0.3 is 4.90 Å². The predicted molar refractivity (Wildman–Crippen MR) is 65.5 cm³/mol. The molecule has 0 N–H and O–H groups in total. The van der Waals surface area contributed by atoms with E-state index in [0.717, 1.165) is 19.4 Å². The minimum atomic E-state index is 1.02. The molecule has 0 aromatic heterocycles. The van der Waals surface area contributed by atoms with Crippen molar-refractivity contribution >= 4 is 0 Å². The van der Waals surface area contributed by atoms with Gasteiger partial charge in [-0.3, -0.25) is 0 Å². The van der Waals surface area contributed by atoms with Crippen LogP contribution in [0.2, 0.25) is 0 Å². The molecule has 0 spiro atoms. The molecule has 0 aliphatic carbocycles. The van der Waals surface area contributed by atoms with Crippen molar-refractivity contribution in [2.75, 3.05) is 20.6 Å². The molecule has 0 bridgehead atoms. The average molecular weight is 193 g/mol. The molecule has 80 valence electrons. The summed E-state index contributed by atoms with van der Waals surface area (Å²) in [7, 11) is 4.16. The molecule has 0 aromatic carbocycles. The van der Waals surface area contributed by atoms with Gasteiger partial charge in [0.2, 0.25) is 0 Å². The number of nitrogens with zero attached hydrogens (tertiary/aromatic N) is 1. The Hall–Kier alpha value is -0.820. The molecule has 0 aliphatic heterocycles. The third kappa shape index (κ3) is 4.43. The van der Waals surface area contributed by atoms with E-state index in [1.54, 1.807) is 0 Å². The summed E-state index contributed by atoms with van der Waals surface area (Å²) in [6.45, 7) is 13.3. The maximum absolute atomic E-state index is 4.11. The zero-order valence-electron chi connectivity index (χ0n) is 10.1. The van der Waals surface area contributed by atoms with Crippen LogP contribution < -0.4 is 0 Å². The van der Waals surface area contributed by atoms with Crippen molar-refractivity contribution in [1.29, 1.82) is 0 Å². The summed E-state index contributed by atoms with van der Waals surface area (Å²) in [5.41, 5.74) is 3.83. The van der Waals surface area contributed by atoms with Crippen LogP contribution in [0.1, 0.15) is 26.7 Å². The van der Waals surface area contributed by atoms with Gasteiger partial charge in [0, 0.05) is 6.54 Å². The molecule has 0 rings (SSSR count). The molecule has 0 saturated heterocycles. The van der Waals surface area contributed by atoms with Crippen LogP contribution in [0, 0.1) is 0 Å². The predicted octanol–water partition coefficient (Wildman–Crippen LogP) is 3.41. The fourth-order valence-corrected chi connectivity index (χ4v) is 1.30. The van der Waals surface area contributed by atoms with Crippen LogP contribution in [0.5, 0.6) is 0 Å². The summed E-state index contributed by atoms with van der Waals surface area (Å²) >= 11 is 0. The van der Waals surface area contributed by atoms with Crippen molar-refractivity contribution in [2.45, 2.75) is 26.7 Å². The lowest BCUT2D eigenvalue weighted by Crippen LogP contribution is -2.13. The molecule has 0 fully saturated rings. The lowest BCUT2D eigenvalue weighted by molar-refractivity contribution is 0.414. The lowest BCUT2D eigenvalue weighted by Gasteiger charge is -2.13. The first-order chi connectivity index (χ1) is 6.52. The van der Waals surface area contributed by atoms with Crippen molar-refractivity contribution in [3.63, 3.8) is 0 Å². The second-order valence-electron chi connectivity index (χ2n) is 3.91. The normalized spacial score (nSPS) is 12.6. The third-order valence-corrected chi connectivity index (χ3v) is 2.44. The zero-order valence-corrected chi connectivity index (χ0v) is 10.1. The van der Waals surface area contributed by atoms with Gasteiger partial charge >= 0.3 is 0 Å². The minimum absolute atomic E-state index is 1.02. The van der Waals surface area contributed by atoms with Crippen molar-refractivity contribution in [2.24, 2.45) is 0 Å². The van der Waals surface area contributed by atoms with Crippen LogP contribution in [0.3, 0.4) is 0 Å². The molecule has 0 saturated carbocycles. The summed E-state index contributed by atoms with van der Waals surface area (Å²) in [6, 6.07) is 0. The molecule has 0 radical (unpaired) electrons. The quantitative estimate of drug-likeness (QED) is 0.584. The van der Waals surface area contributed by atoms with Gasteiger partial charge in [-0.2, -0.15) is 0 Å². The maximum atomic E-state index is 4.11. The van der Waals surface area contributed by atoms with Crippen LogP contribution in [0.4, 0.5) is 0 Å². The van der Waals surface area contributed by atoms with Gasteiger partial charge in [-0.25, -0.2) is 0 Å². The van der Waals surface area contributed by atoms with Gasteiger partial charge in [0.15, 0.2) is 0 Å². The van der Waals surface area contributed by atoms with Crippen molar-refractivity contribution in [3.8, 4) is 0 Å². The van der Waals surface area contributed by atoms with Gasteiger partial charge in [-0.15, -0.1) is 0 Å². The monoisotopic (exact) mass is 193 g/mol. The molecule has 0 aromatic rings. The first kappa shape index (κ1) is 13.2. The molecule has 0 amide bonds. The van der Waals surface area contributed by atoms with E-state index in [2.05, 4.69) is 46.0 Å². The van der Waals surface area contributed by atoms with Gasteiger partial charge in [0.1, 0.15) is 0 Å². The van der Waals surface area contributed by atoms with E-state index in [1.165, 1.54) is 16.7 Å². The van der Waals surface area contributed by atoms with Crippen LogP contribution >= 0.6 is 0 Å². The van der Waals surface area contributed by atoms with Crippen molar-refractivity contribution in [3.05, 3.63) is 36.0 Å². The number of allylic oxidation sites excluding steroid dienone is 3. The Kier molecular flexibility index (Phi) is 6.22. The number of hydrogen-bond donors (Lipinski definition) is 0. The van der Waals surface area contributed by atoms with Gasteiger partial charge in [0.25, 0.3) is 0 Å². The smallest absolute Gasteiger partial charge is 0.00157 e. The maximum Gasteiger partial charge on any atom is 0.00157 e. The second kappa shape index (κ2) is 6.61. The summed E-state index contributed by atoms with van der Waals surface area (Å²) < 4.78 is 0. The van der Waals surface area contributed by atoms with E-state index in [4.69, 9.17) is 0 Å². The van der Waals surface area contributed by atoms with Gasteiger partial charge in [-0.1, -0.05) is 31.7 Å². The standard InChI is InChI=1S/C13H23N/c1-7-11(3)13(8-2)12(4)9-10-14(5)6/h8H,2,4,7,9-10H2,1,3,5-6H3/b13-11-. The Balaban J connectivity index is 4.41. The lowest BCUT2D eigenvalue weighted by atomic mass is 9.98. The molecular weight excluding hydrogens is 170 g/mol. The number of hydrogen-bond acceptors (Lipinski definition) is 1. The van der Waals surface area contributed by atoms with E-state index in [-0.39, 0.29) is 0 Å². The van der Waals surface area contributed by atoms with E-state index in [1.807, 2.05) is 6.08 Å². The Labute approximate surface area is 88.8 Å². The Bertz CT molecular complexity index is 234. The molecular formula is C13H23N. The summed E-state index contributed by atoms with van der Waals surface area (Å²) in [4.78, 5) is 2.17. The second-order valence-corrected chi connectivity index (χ2v) is 3.91. The molecule has 1 nitrogen and oxygen atoms in total. The highest BCUT2D eigenvalue weighted by molar-refractivity contribution is 5.40. The highest BCUT2D eigenvalue weighted by Crippen LogP contribution is 2.19. The fourth-order valence-electron chi connectivity index (χ4n) is 1.30.